The minimum Gasteiger partial charge on any atom is -0.481 e. The van der Waals surface area contributed by atoms with Crippen LogP contribution in [0.25, 0.3) is 22.2 Å². The lowest BCUT2D eigenvalue weighted by Crippen LogP contribution is -2.28. The fourth-order valence-electron chi connectivity index (χ4n) is 3.82. The number of benzene rings is 1. The normalized spacial score (nSPS) is 11.8. The van der Waals surface area contributed by atoms with E-state index in [1.54, 1.807) is 32.1 Å². The number of nitrogens with zero attached hydrogens (tertiary/aromatic N) is 3. The van der Waals surface area contributed by atoms with E-state index in [9.17, 15) is 9.59 Å². The molecule has 0 aliphatic heterocycles. The van der Waals surface area contributed by atoms with Gasteiger partial charge in [0.25, 0.3) is 5.91 Å². The van der Waals surface area contributed by atoms with Crippen molar-refractivity contribution in [2.75, 3.05) is 14.2 Å². The predicted molar refractivity (Wildman–Crippen MR) is 135 cm³/mol. The highest BCUT2D eigenvalue weighted by atomic mass is 32.1. The first-order valence-corrected chi connectivity index (χ1v) is 12.4. The Bertz CT molecular complexity index is 1290. The molecule has 182 valence electrons. The highest BCUT2D eigenvalue weighted by molar-refractivity contribution is 7.11. The van der Waals surface area contributed by atoms with Crippen molar-refractivity contribution in [2.45, 2.75) is 38.1 Å². The molecule has 1 aromatic carbocycles. The predicted octanol–water partition coefficient (Wildman–Crippen LogP) is 4.26. The van der Waals surface area contributed by atoms with Gasteiger partial charge in [0, 0.05) is 30.5 Å². The van der Waals surface area contributed by atoms with E-state index in [4.69, 9.17) is 4.74 Å². The summed E-state index contributed by atoms with van der Waals surface area (Å²) in [5.74, 6) is 1.13. The summed E-state index contributed by atoms with van der Waals surface area (Å²) in [5.41, 5.74) is 4.31. The summed E-state index contributed by atoms with van der Waals surface area (Å²) in [6.07, 6.45) is 7.08. The second-order valence-corrected chi connectivity index (χ2v) is 8.99. The first-order chi connectivity index (χ1) is 17.1. The number of fused-ring (bicyclic) bond motifs is 1. The summed E-state index contributed by atoms with van der Waals surface area (Å²) in [6.45, 7) is 0. The fraction of sp³-hybridized carbons (Fsp3) is 0.320. The van der Waals surface area contributed by atoms with Gasteiger partial charge in [-0.05, 0) is 31.0 Å². The molecule has 4 rings (SSSR count). The van der Waals surface area contributed by atoms with Crippen LogP contribution in [0.4, 0.5) is 0 Å². The van der Waals surface area contributed by atoms with Gasteiger partial charge in [-0.25, -0.2) is 9.97 Å². The third-order valence-corrected chi connectivity index (χ3v) is 6.52. The SMILES string of the molecule is CNC(=O)CCCCCC(NC(=O)c1cncs1)c1ncc(-c2ccc3nc(OC)ccc3c2)[nH]1. The third kappa shape index (κ3) is 6.21. The van der Waals surface area contributed by atoms with Gasteiger partial charge in [-0.2, -0.15) is 0 Å². The van der Waals surface area contributed by atoms with Crippen LogP contribution in [0.1, 0.15) is 53.6 Å². The van der Waals surface area contributed by atoms with Crippen LogP contribution in [-0.2, 0) is 4.79 Å². The number of H-pyrrole nitrogens is 1. The molecule has 0 fully saturated rings. The molecule has 3 N–H and O–H groups in total. The van der Waals surface area contributed by atoms with Crippen molar-refractivity contribution < 1.29 is 14.3 Å². The number of rotatable bonds is 11. The van der Waals surface area contributed by atoms with E-state index >= 15 is 0 Å². The van der Waals surface area contributed by atoms with E-state index in [-0.39, 0.29) is 17.9 Å². The number of aromatic nitrogens is 4. The zero-order valence-electron chi connectivity index (χ0n) is 19.7. The van der Waals surface area contributed by atoms with Crippen molar-refractivity contribution in [1.29, 1.82) is 0 Å². The molecule has 0 aliphatic carbocycles. The average Bonchev–Trinajstić information content (AvgIpc) is 3.60. The number of pyridine rings is 1. The van der Waals surface area contributed by atoms with Gasteiger partial charge < -0.3 is 20.4 Å². The van der Waals surface area contributed by atoms with Crippen LogP contribution in [0.2, 0.25) is 0 Å². The van der Waals surface area contributed by atoms with E-state index in [0.29, 0.717) is 29.4 Å². The second-order valence-electron chi connectivity index (χ2n) is 8.11. The van der Waals surface area contributed by atoms with E-state index < -0.39 is 0 Å². The molecule has 1 atom stereocenters. The van der Waals surface area contributed by atoms with Gasteiger partial charge >= 0.3 is 0 Å². The van der Waals surface area contributed by atoms with Crippen molar-refractivity contribution in [3.8, 4) is 17.1 Å². The Labute approximate surface area is 207 Å². The Morgan fingerprint density at radius 3 is 2.80 bits per heavy atom. The number of ether oxygens (including phenoxy) is 1. The number of carbonyl (C=O) groups excluding carboxylic acids is 2. The van der Waals surface area contributed by atoms with Crippen LogP contribution in [0.5, 0.6) is 5.88 Å². The van der Waals surface area contributed by atoms with Crippen LogP contribution in [0, 0.1) is 0 Å². The molecule has 35 heavy (non-hydrogen) atoms. The van der Waals surface area contributed by atoms with Crippen molar-refractivity contribution in [2.24, 2.45) is 0 Å². The molecule has 0 aliphatic rings. The molecule has 0 saturated heterocycles. The molecule has 2 amide bonds. The first kappa shape index (κ1) is 24.3. The minimum atomic E-state index is -0.287. The maximum atomic E-state index is 12.7. The van der Waals surface area contributed by atoms with Crippen molar-refractivity contribution >= 4 is 34.1 Å². The summed E-state index contributed by atoms with van der Waals surface area (Å²) in [4.78, 5) is 41.2. The number of thiazole rings is 1. The van der Waals surface area contributed by atoms with Crippen molar-refractivity contribution in [3.05, 3.63) is 58.9 Å². The number of aromatic amines is 1. The Hall–Kier alpha value is -3.79. The van der Waals surface area contributed by atoms with E-state index in [2.05, 4.69) is 30.6 Å². The average molecular weight is 493 g/mol. The molecule has 10 heteroatoms. The fourth-order valence-corrected chi connectivity index (χ4v) is 4.34. The zero-order valence-corrected chi connectivity index (χ0v) is 20.5. The molecule has 4 aromatic rings. The van der Waals surface area contributed by atoms with Crippen LogP contribution in [0.15, 0.2) is 48.2 Å². The molecule has 3 heterocycles. The smallest absolute Gasteiger partial charge is 0.263 e. The molecule has 0 radical (unpaired) electrons. The third-order valence-electron chi connectivity index (χ3n) is 5.75. The lowest BCUT2D eigenvalue weighted by molar-refractivity contribution is -0.120. The Kier molecular flexibility index (Phi) is 8.04. The van der Waals surface area contributed by atoms with Gasteiger partial charge in [0.2, 0.25) is 11.8 Å². The largest absolute Gasteiger partial charge is 0.481 e. The number of carbonyl (C=O) groups is 2. The van der Waals surface area contributed by atoms with E-state index in [1.807, 2.05) is 30.3 Å². The number of methoxy groups -OCH3 is 1. The van der Waals surface area contributed by atoms with Crippen LogP contribution < -0.4 is 15.4 Å². The molecule has 0 spiro atoms. The molecule has 3 aromatic heterocycles. The van der Waals surface area contributed by atoms with E-state index in [0.717, 1.165) is 41.4 Å². The molecule has 0 saturated carbocycles. The number of hydrogen-bond donors (Lipinski definition) is 3. The summed E-state index contributed by atoms with van der Waals surface area (Å²) in [7, 11) is 3.24. The maximum absolute atomic E-state index is 12.7. The molecule has 9 nitrogen and oxygen atoms in total. The Morgan fingerprint density at radius 1 is 1.14 bits per heavy atom. The van der Waals surface area contributed by atoms with Crippen LogP contribution in [0.3, 0.4) is 0 Å². The molecular weight excluding hydrogens is 464 g/mol. The number of amides is 2. The van der Waals surface area contributed by atoms with Gasteiger partial charge in [0.1, 0.15) is 10.7 Å². The Balaban J connectivity index is 1.49. The summed E-state index contributed by atoms with van der Waals surface area (Å²) in [6, 6.07) is 9.49. The number of nitrogens with one attached hydrogen (secondary N) is 3. The topological polar surface area (TPSA) is 122 Å². The quantitative estimate of drug-likeness (QED) is 0.269. The van der Waals surface area contributed by atoms with Gasteiger partial charge in [0.15, 0.2) is 0 Å². The second kappa shape index (κ2) is 11.6. The number of hydrogen-bond acceptors (Lipinski definition) is 7. The van der Waals surface area contributed by atoms with Gasteiger partial charge in [-0.15, -0.1) is 11.3 Å². The van der Waals surface area contributed by atoms with Gasteiger partial charge in [-0.1, -0.05) is 18.9 Å². The van der Waals surface area contributed by atoms with Gasteiger partial charge in [0.05, 0.1) is 42.3 Å². The molecule has 0 bridgehead atoms. The maximum Gasteiger partial charge on any atom is 0.263 e. The number of imidazole rings is 1. The van der Waals surface area contributed by atoms with Crippen molar-refractivity contribution in [3.63, 3.8) is 0 Å². The Morgan fingerprint density at radius 2 is 2.03 bits per heavy atom. The lowest BCUT2D eigenvalue weighted by atomic mass is 10.1. The molecule has 1 unspecified atom stereocenters. The van der Waals surface area contributed by atoms with E-state index in [1.165, 1.54) is 11.3 Å². The van der Waals surface area contributed by atoms with Crippen LogP contribution >= 0.6 is 11.3 Å². The van der Waals surface area contributed by atoms with Gasteiger partial charge in [-0.3, -0.25) is 14.6 Å². The highest BCUT2D eigenvalue weighted by Crippen LogP contribution is 2.26. The van der Waals surface area contributed by atoms with Crippen molar-refractivity contribution in [1.82, 2.24) is 30.6 Å². The summed E-state index contributed by atoms with van der Waals surface area (Å²) in [5, 5.41) is 6.72. The minimum absolute atomic E-state index is 0.0414. The zero-order chi connectivity index (χ0) is 24.6. The number of unbranched alkanes of at least 4 members (excludes halogenated alkanes) is 2. The highest BCUT2D eigenvalue weighted by Gasteiger charge is 2.20. The summed E-state index contributed by atoms with van der Waals surface area (Å²) < 4.78 is 5.21. The summed E-state index contributed by atoms with van der Waals surface area (Å²) >= 11 is 1.30. The first-order valence-electron chi connectivity index (χ1n) is 11.5. The monoisotopic (exact) mass is 492 g/mol. The molecular formula is C25H28N6O3S. The lowest BCUT2D eigenvalue weighted by Gasteiger charge is -2.16. The standard InChI is InChI=1S/C25H28N6O3S/c1-26-22(32)7-5-3-4-6-19(31-25(33)21-14-27-15-35-21)24-28-13-20(30-24)17-8-10-18-16(12-17)9-11-23(29-18)34-2/h8-15,19H,3-7H2,1-2H3,(H,26,32)(H,28,30)(H,31,33). The van der Waals surface area contributed by atoms with Crippen LogP contribution in [-0.4, -0.2) is 45.9 Å².